The van der Waals surface area contributed by atoms with E-state index in [1.165, 1.54) is 6.07 Å². The fraction of sp³-hybridized carbons (Fsp3) is 0.250. The number of hydrogen-bond acceptors (Lipinski definition) is 4. The molecule has 1 saturated heterocycles. The van der Waals surface area contributed by atoms with Crippen LogP contribution in [0.5, 0.6) is 0 Å². The van der Waals surface area contributed by atoms with Crippen molar-refractivity contribution < 1.29 is 21.9 Å². The van der Waals surface area contributed by atoms with Crippen LogP contribution in [0.1, 0.15) is 0 Å². The minimum atomic E-state index is -4.33. The summed E-state index contributed by atoms with van der Waals surface area (Å²) in [7, 11) is -4.33. The van der Waals surface area contributed by atoms with Crippen molar-refractivity contribution in [2.24, 2.45) is 0 Å². The lowest BCUT2D eigenvalue weighted by Crippen LogP contribution is -2.36. The minimum absolute atomic E-state index is 0.193. The van der Waals surface area contributed by atoms with Gasteiger partial charge in [0.2, 0.25) is 0 Å². The Bertz CT molecular complexity index is 887. The zero-order valence-electron chi connectivity index (χ0n) is 13.0. The third-order valence-electron chi connectivity index (χ3n) is 3.74. The van der Waals surface area contributed by atoms with Crippen LogP contribution in [0.2, 0.25) is 5.02 Å². The van der Waals surface area contributed by atoms with Crippen LogP contribution in [-0.2, 0) is 14.8 Å². The number of ether oxygens (including phenoxy) is 1. The number of hydrogen-bond donors (Lipinski definition) is 1. The number of sulfonamides is 1. The van der Waals surface area contributed by atoms with Gasteiger partial charge < -0.3 is 9.64 Å². The highest BCUT2D eigenvalue weighted by Crippen LogP contribution is 2.32. The van der Waals surface area contributed by atoms with Gasteiger partial charge in [-0.3, -0.25) is 4.72 Å². The van der Waals surface area contributed by atoms with Crippen molar-refractivity contribution in [2.75, 3.05) is 35.9 Å². The highest BCUT2D eigenvalue weighted by Gasteiger charge is 2.23. The van der Waals surface area contributed by atoms with Crippen molar-refractivity contribution in [3.63, 3.8) is 0 Å². The molecule has 0 spiro atoms. The van der Waals surface area contributed by atoms with E-state index < -0.39 is 26.6 Å². The Morgan fingerprint density at radius 3 is 2.52 bits per heavy atom. The maximum Gasteiger partial charge on any atom is 0.264 e. The summed E-state index contributed by atoms with van der Waals surface area (Å²) in [5.41, 5.74) is 0.783. The van der Waals surface area contributed by atoms with Crippen LogP contribution in [0.4, 0.5) is 20.2 Å². The van der Waals surface area contributed by atoms with Gasteiger partial charge in [-0.05, 0) is 36.4 Å². The van der Waals surface area contributed by atoms with Gasteiger partial charge in [-0.1, -0.05) is 11.6 Å². The summed E-state index contributed by atoms with van der Waals surface area (Å²) < 4.78 is 59.8. The third-order valence-corrected chi connectivity index (χ3v) is 5.35. The maximum atomic E-state index is 13.9. The molecule has 25 heavy (non-hydrogen) atoms. The number of anilines is 2. The molecule has 1 aliphatic rings. The monoisotopic (exact) mass is 388 g/mol. The van der Waals surface area contributed by atoms with E-state index in [0.717, 1.165) is 12.1 Å². The highest BCUT2D eigenvalue weighted by atomic mass is 35.5. The zero-order valence-corrected chi connectivity index (χ0v) is 14.6. The van der Waals surface area contributed by atoms with E-state index >= 15 is 0 Å². The van der Waals surface area contributed by atoms with Gasteiger partial charge in [0.1, 0.15) is 16.5 Å². The van der Waals surface area contributed by atoms with E-state index in [1.807, 2.05) is 4.90 Å². The molecule has 2 aromatic rings. The molecule has 134 valence electrons. The Morgan fingerprint density at radius 2 is 1.80 bits per heavy atom. The second-order valence-electron chi connectivity index (χ2n) is 5.44. The Morgan fingerprint density at radius 1 is 1.08 bits per heavy atom. The fourth-order valence-corrected chi connectivity index (χ4v) is 3.88. The molecule has 0 aromatic heterocycles. The first kappa shape index (κ1) is 17.9. The molecule has 9 heteroatoms. The number of benzene rings is 2. The molecular formula is C16H15ClF2N2O3S. The van der Waals surface area contributed by atoms with Crippen molar-refractivity contribution in [3.8, 4) is 0 Å². The number of nitrogens with one attached hydrogen (secondary N) is 1. The molecule has 0 unspecified atom stereocenters. The molecule has 3 rings (SSSR count). The van der Waals surface area contributed by atoms with Gasteiger partial charge >= 0.3 is 0 Å². The van der Waals surface area contributed by atoms with Crippen LogP contribution in [-0.4, -0.2) is 34.7 Å². The molecule has 0 radical (unpaired) electrons. The average molecular weight is 389 g/mol. The van der Waals surface area contributed by atoms with Gasteiger partial charge in [0.05, 0.1) is 24.6 Å². The van der Waals surface area contributed by atoms with Crippen LogP contribution in [0.25, 0.3) is 0 Å². The topological polar surface area (TPSA) is 58.6 Å². The van der Waals surface area contributed by atoms with Crippen molar-refractivity contribution in [2.45, 2.75) is 4.90 Å². The summed E-state index contributed by atoms with van der Waals surface area (Å²) in [5, 5.41) is 0.314. The van der Waals surface area contributed by atoms with Gasteiger partial charge in [0.25, 0.3) is 10.0 Å². The summed E-state index contributed by atoms with van der Waals surface area (Å²) >= 11 is 5.98. The van der Waals surface area contributed by atoms with Crippen LogP contribution < -0.4 is 9.62 Å². The lowest BCUT2D eigenvalue weighted by molar-refractivity contribution is 0.123. The van der Waals surface area contributed by atoms with Crippen LogP contribution in [0.3, 0.4) is 0 Å². The van der Waals surface area contributed by atoms with E-state index in [2.05, 4.69) is 4.72 Å². The van der Waals surface area contributed by atoms with Gasteiger partial charge in [-0.15, -0.1) is 0 Å². The molecule has 5 nitrogen and oxygen atoms in total. The molecule has 1 aliphatic heterocycles. The first-order chi connectivity index (χ1) is 11.9. The van der Waals surface area contributed by atoms with E-state index in [4.69, 9.17) is 16.3 Å². The predicted molar refractivity (Wildman–Crippen MR) is 91.7 cm³/mol. The standard InChI is InChI=1S/C16H15ClF2N2O3S/c17-11-1-4-15(21-5-7-24-8-6-21)14(9-11)20-25(22,23)16-10-12(18)2-3-13(16)19/h1-4,9-10,20H,5-8H2. The van der Waals surface area contributed by atoms with E-state index in [-0.39, 0.29) is 5.69 Å². The number of morpholine rings is 1. The normalized spacial score (nSPS) is 15.2. The highest BCUT2D eigenvalue weighted by molar-refractivity contribution is 7.92. The molecule has 0 bridgehead atoms. The Balaban J connectivity index is 1.99. The van der Waals surface area contributed by atoms with Gasteiger partial charge in [-0.2, -0.15) is 0 Å². The zero-order chi connectivity index (χ0) is 18.0. The summed E-state index contributed by atoms with van der Waals surface area (Å²) in [6.07, 6.45) is 0. The molecule has 0 aliphatic carbocycles. The van der Waals surface area contributed by atoms with Crippen molar-refractivity contribution in [3.05, 3.63) is 53.1 Å². The van der Waals surface area contributed by atoms with E-state index in [0.29, 0.717) is 43.1 Å². The molecule has 1 heterocycles. The minimum Gasteiger partial charge on any atom is -0.378 e. The molecule has 0 saturated carbocycles. The summed E-state index contributed by atoms with van der Waals surface area (Å²) in [6, 6.07) is 7.00. The number of rotatable bonds is 4. The maximum absolute atomic E-state index is 13.9. The van der Waals surface area contributed by atoms with E-state index in [9.17, 15) is 17.2 Å². The smallest absolute Gasteiger partial charge is 0.264 e. The Kier molecular flexibility index (Phi) is 5.12. The summed E-state index contributed by atoms with van der Waals surface area (Å²) in [4.78, 5) is 1.17. The van der Waals surface area contributed by atoms with Gasteiger partial charge in [0.15, 0.2) is 0 Å². The Labute approximate surface area is 149 Å². The molecular weight excluding hydrogens is 374 g/mol. The fourth-order valence-electron chi connectivity index (χ4n) is 2.55. The van der Waals surface area contributed by atoms with Crippen molar-refractivity contribution >= 4 is 33.0 Å². The molecule has 1 fully saturated rings. The molecule has 0 atom stereocenters. The lowest BCUT2D eigenvalue weighted by atomic mass is 10.2. The summed E-state index contributed by atoms with van der Waals surface area (Å²) in [6.45, 7) is 2.16. The average Bonchev–Trinajstić information content (AvgIpc) is 2.57. The largest absolute Gasteiger partial charge is 0.378 e. The first-order valence-corrected chi connectivity index (χ1v) is 9.33. The second-order valence-corrected chi connectivity index (χ2v) is 7.53. The van der Waals surface area contributed by atoms with Crippen LogP contribution >= 0.6 is 11.6 Å². The number of nitrogens with zero attached hydrogens (tertiary/aromatic N) is 1. The van der Waals surface area contributed by atoms with E-state index in [1.54, 1.807) is 12.1 Å². The third kappa shape index (κ3) is 4.02. The van der Waals surface area contributed by atoms with Gasteiger partial charge in [-0.25, -0.2) is 17.2 Å². The van der Waals surface area contributed by atoms with Crippen molar-refractivity contribution in [1.29, 1.82) is 0 Å². The Hall–Kier alpha value is -1.90. The quantitative estimate of drug-likeness (QED) is 0.873. The number of halogens is 3. The van der Waals surface area contributed by atoms with Crippen LogP contribution in [0.15, 0.2) is 41.3 Å². The van der Waals surface area contributed by atoms with Crippen molar-refractivity contribution in [1.82, 2.24) is 0 Å². The first-order valence-electron chi connectivity index (χ1n) is 7.47. The lowest BCUT2D eigenvalue weighted by Gasteiger charge is -2.30. The molecule has 1 N–H and O–H groups in total. The second kappa shape index (κ2) is 7.15. The SMILES string of the molecule is O=S(=O)(Nc1cc(Cl)ccc1N1CCOCC1)c1cc(F)ccc1F. The van der Waals surface area contributed by atoms with Gasteiger partial charge in [0, 0.05) is 18.1 Å². The van der Waals surface area contributed by atoms with Crippen LogP contribution in [0, 0.1) is 11.6 Å². The predicted octanol–water partition coefficient (Wildman–Crippen LogP) is 3.26. The molecule has 2 aromatic carbocycles. The summed E-state index contributed by atoms with van der Waals surface area (Å²) in [5.74, 6) is -1.88. The molecule has 0 amide bonds.